The van der Waals surface area contributed by atoms with Crippen molar-refractivity contribution in [1.82, 2.24) is 5.32 Å². The largest absolute Gasteiger partial charge is 0.340 e. The first-order valence-corrected chi connectivity index (χ1v) is 7.77. The van der Waals surface area contributed by atoms with Gasteiger partial charge in [0.25, 0.3) is 5.91 Å². The molecular formula is C17H13ClFN3O3. The second kappa shape index (κ2) is 6.90. The van der Waals surface area contributed by atoms with Crippen molar-refractivity contribution >= 4 is 40.7 Å². The highest BCUT2D eigenvalue weighted by Gasteiger charge is 2.29. The van der Waals surface area contributed by atoms with Crippen molar-refractivity contribution in [2.24, 2.45) is 0 Å². The topological polar surface area (TPSA) is 87.3 Å². The standard InChI is InChI=1S/C17H13ClFN3O3/c18-11-7-9(5-6-12(11)19)20-15(23)8-14-17(25)21-13-4-2-1-3-10(13)16(24)22-14/h1-7,14H,8H2,(H,20,23)(H,21,25)(H,22,24). The summed E-state index contributed by atoms with van der Waals surface area (Å²) in [5, 5.41) is 7.52. The molecule has 1 aliphatic heterocycles. The molecule has 0 saturated carbocycles. The number of rotatable bonds is 3. The Kier molecular flexibility index (Phi) is 4.67. The van der Waals surface area contributed by atoms with E-state index >= 15 is 0 Å². The molecule has 0 spiro atoms. The van der Waals surface area contributed by atoms with Crippen LogP contribution in [0.3, 0.4) is 0 Å². The molecule has 3 rings (SSSR count). The van der Waals surface area contributed by atoms with Crippen molar-refractivity contribution in [2.75, 3.05) is 10.6 Å². The summed E-state index contributed by atoms with van der Waals surface area (Å²) >= 11 is 5.66. The van der Waals surface area contributed by atoms with Crippen molar-refractivity contribution in [2.45, 2.75) is 12.5 Å². The van der Waals surface area contributed by atoms with Gasteiger partial charge in [-0.2, -0.15) is 0 Å². The lowest BCUT2D eigenvalue weighted by molar-refractivity contribution is -0.122. The van der Waals surface area contributed by atoms with Gasteiger partial charge in [0.05, 0.1) is 22.7 Å². The second-order valence-corrected chi connectivity index (χ2v) is 5.85. The molecule has 128 valence electrons. The highest BCUT2D eigenvalue weighted by molar-refractivity contribution is 6.31. The Morgan fingerprint density at radius 2 is 1.96 bits per heavy atom. The van der Waals surface area contributed by atoms with Gasteiger partial charge in [-0.25, -0.2) is 4.39 Å². The molecule has 25 heavy (non-hydrogen) atoms. The number of nitrogens with one attached hydrogen (secondary N) is 3. The van der Waals surface area contributed by atoms with E-state index in [0.717, 1.165) is 6.07 Å². The maximum absolute atomic E-state index is 13.1. The minimum atomic E-state index is -1.03. The third kappa shape index (κ3) is 3.77. The molecule has 1 aliphatic rings. The molecule has 1 atom stereocenters. The normalized spacial score (nSPS) is 16.3. The molecule has 0 saturated heterocycles. The van der Waals surface area contributed by atoms with Crippen LogP contribution in [0.25, 0.3) is 0 Å². The van der Waals surface area contributed by atoms with E-state index in [1.165, 1.54) is 12.1 Å². The monoisotopic (exact) mass is 361 g/mol. The van der Waals surface area contributed by atoms with Crippen LogP contribution in [0.15, 0.2) is 42.5 Å². The fourth-order valence-electron chi connectivity index (χ4n) is 2.43. The highest BCUT2D eigenvalue weighted by atomic mass is 35.5. The second-order valence-electron chi connectivity index (χ2n) is 5.44. The number of halogens is 2. The Morgan fingerprint density at radius 3 is 2.72 bits per heavy atom. The van der Waals surface area contributed by atoms with Gasteiger partial charge < -0.3 is 16.0 Å². The van der Waals surface area contributed by atoms with Gasteiger partial charge in [-0.05, 0) is 30.3 Å². The lowest BCUT2D eigenvalue weighted by Gasteiger charge is -2.14. The molecule has 2 aromatic rings. The van der Waals surface area contributed by atoms with Crippen LogP contribution < -0.4 is 16.0 Å². The number of hydrogen-bond acceptors (Lipinski definition) is 3. The molecule has 0 bridgehead atoms. The number of amides is 3. The lowest BCUT2D eigenvalue weighted by atomic mass is 10.1. The SMILES string of the molecule is O=C(CC1NC(=O)c2ccccc2NC1=O)Nc1ccc(F)c(Cl)c1. The number of hydrogen-bond donors (Lipinski definition) is 3. The molecule has 8 heteroatoms. The third-order valence-electron chi connectivity index (χ3n) is 3.64. The summed E-state index contributed by atoms with van der Waals surface area (Å²) in [6.45, 7) is 0. The minimum Gasteiger partial charge on any atom is -0.340 e. The van der Waals surface area contributed by atoms with Crippen molar-refractivity contribution in [3.8, 4) is 0 Å². The fraction of sp³-hybridized carbons (Fsp3) is 0.118. The van der Waals surface area contributed by atoms with Crippen LogP contribution >= 0.6 is 11.6 Å². The van der Waals surface area contributed by atoms with Gasteiger partial charge in [-0.3, -0.25) is 14.4 Å². The summed E-state index contributed by atoms with van der Waals surface area (Å²) < 4.78 is 13.1. The Morgan fingerprint density at radius 1 is 1.20 bits per heavy atom. The quantitative estimate of drug-likeness (QED) is 0.785. The molecule has 3 N–H and O–H groups in total. The fourth-order valence-corrected chi connectivity index (χ4v) is 2.61. The molecule has 1 heterocycles. The van der Waals surface area contributed by atoms with Gasteiger partial charge in [0.15, 0.2) is 0 Å². The summed E-state index contributed by atoms with van der Waals surface area (Å²) in [6.07, 6.45) is -0.277. The van der Waals surface area contributed by atoms with Crippen molar-refractivity contribution in [1.29, 1.82) is 0 Å². The van der Waals surface area contributed by atoms with E-state index < -0.39 is 29.6 Å². The van der Waals surface area contributed by atoms with E-state index in [1.807, 2.05) is 0 Å². The average molecular weight is 362 g/mol. The zero-order valence-electron chi connectivity index (χ0n) is 12.8. The molecule has 3 amide bonds. The number of carbonyl (C=O) groups excluding carboxylic acids is 3. The lowest BCUT2D eigenvalue weighted by Crippen LogP contribution is -2.43. The van der Waals surface area contributed by atoms with Crippen molar-refractivity contribution in [3.63, 3.8) is 0 Å². The first-order chi connectivity index (χ1) is 11.9. The van der Waals surface area contributed by atoms with Crippen LogP contribution in [-0.2, 0) is 9.59 Å². The summed E-state index contributed by atoms with van der Waals surface area (Å²) in [6, 6.07) is 9.25. The molecule has 2 aromatic carbocycles. The van der Waals surface area contributed by atoms with Gasteiger partial charge >= 0.3 is 0 Å². The predicted octanol–water partition coefficient (Wildman–Crippen LogP) is 2.56. The molecule has 6 nitrogen and oxygen atoms in total. The number of anilines is 2. The molecular weight excluding hydrogens is 349 g/mol. The highest BCUT2D eigenvalue weighted by Crippen LogP contribution is 2.21. The number of benzene rings is 2. The van der Waals surface area contributed by atoms with Crippen molar-refractivity contribution in [3.05, 3.63) is 58.9 Å². The van der Waals surface area contributed by atoms with Crippen LogP contribution in [0.5, 0.6) is 0 Å². The van der Waals surface area contributed by atoms with E-state index in [0.29, 0.717) is 16.9 Å². The molecule has 0 radical (unpaired) electrons. The van der Waals surface area contributed by atoms with E-state index in [1.54, 1.807) is 24.3 Å². The summed E-state index contributed by atoms with van der Waals surface area (Å²) in [5.41, 5.74) is 1.00. The minimum absolute atomic E-state index is 0.131. The van der Waals surface area contributed by atoms with E-state index in [2.05, 4.69) is 16.0 Å². The van der Waals surface area contributed by atoms with Crippen LogP contribution in [0, 0.1) is 5.82 Å². The Bertz CT molecular complexity index is 872. The predicted molar refractivity (Wildman–Crippen MR) is 91.0 cm³/mol. The third-order valence-corrected chi connectivity index (χ3v) is 3.93. The van der Waals surface area contributed by atoms with Crippen molar-refractivity contribution < 1.29 is 18.8 Å². The maximum atomic E-state index is 13.1. The maximum Gasteiger partial charge on any atom is 0.254 e. The van der Waals surface area contributed by atoms with Gasteiger partial charge in [0.1, 0.15) is 11.9 Å². The average Bonchev–Trinajstić information content (AvgIpc) is 2.68. The Labute approximate surface area is 147 Å². The van der Waals surface area contributed by atoms with E-state index in [4.69, 9.17) is 11.6 Å². The summed E-state index contributed by atoms with van der Waals surface area (Å²) in [5.74, 6) is -2.07. The first kappa shape index (κ1) is 16.9. The Hall–Kier alpha value is -2.93. The van der Waals surface area contributed by atoms with Crippen LogP contribution in [0.4, 0.5) is 15.8 Å². The number of fused-ring (bicyclic) bond motifs is 1. The summed E-state index contributed by atoms with van der Waals surface area (Å²) in [7, 11) is 0. The van der Waals surface area contributed by atoms with E-state index in [9.17, 15) is 18.8 Å². The number of para-hydroxylation sites is 1. The summed E-state index contributed by atoms with van der Waals surface area (Å²) in [4.78, 5) is 36.6. The zero-order valence-corrected chi connectivity index (χ0v) is 13.6. The van der Waals surface area contributed by atoms with Crippen LogP contribution in [0.2, 0.25) is 5.02 Å². The van der Waals surface area contributed by atoms with E-state index in [-0.39, 0.29) is 11.4 Å². The first-order valence-electron chi connectivity index (χ1n) is 7.39. The van der Waals surface area contributed by atoms with Gasteiger partial charge in [-0.15, -0.1) is 0 Å². The number of carbonyl (C=O) groups is 3. The molecule has 1 unspecified atom stereocenters. The molecule has 0 aliphatic carbocycles. The van der Waals surface area contributed by atoms with Gasteiger partial charge in [0.2, 0.25) is 11.8 Å². The molecule has 0 aromatic heterocycles. The smallest absolute Gasteiger partial charge is 0.254 e. The van der Waals surface area contributed by atoms with Gasteiger partial charge in [0, 0.05) is 5.69 Å². The Balaban J connectivity index is 1.70. The van der Waals surface area contributed by atoms with Crippen LogP contribution in [0.1, 0.15) is 16.8 Å². The zero-order chi connectivity index (χ0) is 18.0. The molecule has 0 fully saturated rings. The van der Waals surface area contributed by atoms with Crippen LogP contribution in [-0.4, -0.2) is 23.8 Å². The van der Waals surface area contributed by atoms with Gasteiger partial charge in [-0.1, -0.05) is 23.7 Å².